The predicted molar refractivity (Wildman–Crippen MR) is 79.8 cm³/mol. The lowest BCUT2D eigenvalue weighted by Crippen LogP contribution is -2.34. The maximum atomic E-state index is 12.1. The van der Waals surface area contributed by atoms with Crippen LogP contribution in [0, 0.1) is 17.8 Å². The molecule has 2 fully saturated rings. The predicted octanol–water partition coefficient (Wildman–Crippen LogP) is 3.79. The second kappa shape index (κ2) is 6.93. The van der Waals surface area contributed by atoms with E-state index in [0.717, 1.165) is 44.2 Å². The van der Waals surface area contributed by atoms with Crippen LogP contribution >= 0.6 is 0 Å². The molecule has 2 rings (SSSR count). The van der Waals surface area contributed by atoms with Gasteiger partial charge in [-0.05, 0) is 50.4 Å². The van der Waals surface area contributed by atoms with Gasteiger partial charge in [0.25, 0.3) is 0 Å². The molecule has 0 aromatic rings. The number of hydrogen-bond donors (Lipinski definition) is 0. The van der Waals surface area contributed by atoms with Crippen LogP contribution < -0.4 is 0 Å². The van der Waals surface area contributed by atoms with Crippen molar-refractivity contribution < 1.29 is 4.79 Å². The normalized spacial score (nSPS) is 25.5. The van der Waals surface area contributed by atoms with E-state index in [0.29, 0.717) is 11.8 Å². The van der Waals surface area contributed by atoms with Gasteiger partial charge in [0.05, 0.1) is 0 Å². The Hall–Kier alpha value is -1.05. The quantitative estimate of drug-likeness (QED) is 0.578. The Morgan fingerprint density at radius 2 is 2.11 bits per heavy atom. The lowest BCUT2D eigenvalue weighted by Gasteiger charge is -2.21. The van der Waals surface area contributed by atoms with Crippen molar-refractivity contribution in [2.45, 2.75) is 45.4 Å². The second-order valence-electron chi connectivity index (χ2n) is 6.02. The number of carbonyl (C=O) groups is 1. The Morgan fingerprint density at radius 1 is 1.32 bits per heavy atom. The fourth-order valence-corrected chi connectivity index (χ4v) is 2.76. The van der Waals surface area contributed by atoms with Gasteiger partial charge >= 0.3 is 0 Å². The average Bonchev–Trinajstić information content (AvgIpc) is 3.28. The van der Waals surface area contributed by atoms with Crippen molar-refractivity contribution in [1.29, 1.82) is 0 Å². The largest absolute Gasteiger partial charge is 0.338 e. The second-order valence-corrected chi connectivity index (χ2v) is 6.02. The van der Waals surface area contributed by atoms with E-state index in [1.165, 1.54) is 19.3 Å². The summed E-state index contributed by atoms with van der Waals surface area (Å²) in [6.07, 6.45) is 13.5. The SMILES string of the molecule is C=CCN(CC1CC1CCC=CCC)C(=O)C1CC1. The van der Waals surface area contributed by atoms with E-state index in [4.69, 9.17) is 0 Å². The third-order valence-corrected chi connectivity index (χ3v) is 4.22. The third kappa shape index (κ3) is 4.52. The molecule has 2 saturated carbocycles. The van der Waals surface area contributed by atoms with Crippen LogP contribution in [0.2, 0.25) is 0 Å². The topological polar surface area (TPSA) is 20.3 Å². The van der Waals surface area contributed by atoms with Gasteiger partial charge in [0.15, 0.2) is 0 Å². The molecule has 0 bridgehead atoms. The summed E-state index contributed by atoms with van der Waals surface area (Å²) in [6.45, 7) is 7.64. The minimum absolute atomic E-state index is 0.338. The molecule has 2 unspecified atom stereocenters. The third-order valence-electron chi connectivity index (χ3n) is 4.22. The molecular weight excluding hydrogens is 234 g/mol. The molecule has 19 heavy (non-hydrogen) atoms. The minimum Gasteiger partial charge on any atom is -0.338 e. The Balaban J connectivity index is 1.69. The molecule has 2 atom stereocenters. The number of carbonyl (C=O) groups excluding carboxylic acids is 1. The summed E-state index contributed by atoms with van der Waals surface area (Å²) in [5.74, 6) is 2.31. The molecule has 1 amide bonds. The van der Waals surface area contributed by atoms with Crippen LogP contribution in [0.5, 0.6) is 0 Å². The van der Waals surface area contributed by atoms with E-state index >= 15 is 0 Å². The summed E-state index contributed by atoms with van der Waals surface area (Å²) in [7, 11) is 0. The maximum absolute atomic E-state index is 12.1. The first-order chi connectivity index (χ1) is 9.26. The van der Waals surface area contributed by atoms with Crippen LogP contribution in [0.15, 0.2) is 24.8 Å². The first-order valence-electron chi connectivity index (χ1n) is 7.81. The van der Waals surface area contributed by atoms with E-state index in [9.17, 15) is 4.79 Å². The highest BCUT2D eigenvalue weighted by Gasteiger charge is 2.40. The highest BCUT2D eigenvalue weighted by Crippen LogP contribution is 2.43. The molecule has 0 aliphatic heterocycles. The van der Waals surface area contributed by atoms with Gasteiger partial charge in [0.1, 0.15) is 0 Å². The number of hydrogen-bond acceptors (Lipinski definition) is 1. The fraction of sp³-hybridized carbons (Fsp3) is 0.706. The van der Waals surface area contributed by atoms with Gasteiger partial charge in [-0.1, -0.05) is 25.2 Å². The van der Waals surface area contributed by atoms with Crippen LogP contribution in [0.1, 0.15) is 45.4 Å². The van der Waals surface area contributed by atoms with Crippen molar-refractivity contribution in [3.8, 4) is 0 Å². The van der Waals surface area contributed by atoms with Gasteiger partial charge in [0, 0.05) is 19.0 Å². The first-order valence-corrected chi connectivity index (χ1v) is 7.81. The summed E-state index contributed by atoms with van der Waals surface area (Å²) in [6, 6.07) is 0. The highest BCUT2D eigenvalue weighted by atomic mass is 16.2. The zero-order valence-corrected chi connectivity index (χ0v) is 12.2. The molecular formula is C17H27NO. The van der Waals surface area contributed by atoms with Gasteiger partial charge in [-0.25, -0.2) is 0 Å². The van der Waals surface area contributed by atoms with Crippen molar-refractivity contribution in [2.24, 2.45) is 17.8 Å². The van der Waals surface area contributed by atoms with Gasteiger partial charge in [0.2, 0.25) is 5.91 Å². The summed E-state index contributed by atoms with van der Waals surface area (Å²) in [4.78, 5) is 14.2. The molecule has 0 saturated heterocycles. The van der Waals surface area contributed by atoms with E-state index in [2.05, 4.69) is 25.7 Å². The fourth-order valence-electron chi connectivity index (χ4n) is 2.76. The van der Waals surface area contributed by atoms with Crippen molar-refractivity contribution >= 4 is 5.91 Å². The summed E-state index contributed by atoms with van der Waals surface area (Å²) < 4.78 is 0. The number of nitrogens with zero attached hydrogens (tertiary/aromatic N) is 1. The van der Waals surface area contributed by atoms with Crippen molar-refractivity contribution in [3.63, 3.8) is 0 Å². The number of amides is 1. The molecule has 0 aromatic heterocycles. The molecule has 0 spiro atoms. The zero-order chi connectivity index (χ0) is 13.7. The van der Waals surface area contributed by atoms with Crippen LogP contribution in [-0.4, -0.2) is 23.9 Å². The van der Waals surface area contributed by atoms with Gasteiger partial charge in [-0.15, -0.1) is 6.58 Å². The van der Waals surface area contributed by atoms with Gasteiger partial charge < -0.3 is 4.90 Å². The molecule has 0 aromatic carbocycles. The van der Waals surface area contributed by atoms with Crippen LogP contribution in [-0.2, 0) is 4.79 Å². The van der Waals surface area contributed by atoms with Crippen molar-refractivity contribution in [3.05, 3.63) is 24.8 Å². The van der Waals surface area contributed by atoms with E-state index < -0.39 is 0 Å². The molecule has 106 valence electrons. The molecule has 2 heteroatoms. The zero-order valence-electron chi connectivity index (χ0n) is 12.2. The lowest BCUT2D eigenvalue weighted by molar-refractivity contribution is -0.132. The number of rotatable bonds is 9. The lowest BCUT2D eigenvalue weighted by atomic mass is 10.1. The van der Waals surface area contributed by atoms with Crippen LogP contribution in [0.4, 0.5) is 0 Å². The summed E-state index contributed by atoms with van der Waals surface area (Å²) in [5, 5.41) is 0. The Bertz CT molecular complexity index is 343. The molecule has 0 radical (unpaired) electrons. The van der Waals surface area contributed by atoms with Crippen molar-refractivity contribution in [2.75, 3.05) is 13.1 Å². The number of allylic oxidation sites excluding steroid dienone is 2. The highest BCUT2D eigenvalue weighted by molar-refractivity contribution is 5.81. The van der Waals surface area contributed by atoms with Crippen LogP contribution in [0.25, 0.3) is 0 Å². The standard InChI is InChI=1S/C17H27NO/c1-3-5-6-7-8-15-12-16(15)13-18(11-4-2)17(19)14-9-10-14/h4-6,14-16H,2-3,7-13H2,1H3. The van der Waals surface area contributed by atoms with Gasteiger partial charge in [-0.3, -0.25) is 4.79 Å². The van der Waals surface area contributed by atoms with Crippen molar-refractivity contribution in [1.82, 2.24) is 4.90 Å². The molecule has 0 N–H and O–H groups in total. The molecule has 0 heterocycles. The maximum Gasteiger partial charge on any atom is 0.225 e. The van der Waals surface area contributed by atoms with Gasteiger partial charge in [-0.2, -0.15) is 0 Å². The van der Waals surface area contributed by atoms with Crippen LogP contribution in [0.3, 0.4) is 0 Å². The summed E-state index contributed by atoms with van der Waals surface area (Å²) in [5.41, 5.74) is 0. The van der Waals surface area contributed by atoms with E-state index in [-0.39, 0.29) is 0 Å². The first kappa shape index (κ1) is 14.4. The Morgan fingerprint density at radius 3 is 2.74 bits per heavy atom. The van der Waals surface area contributed by atoms with E-state index in [1.54, 1.807) is 0 Å². The average molecular weight is 261 g/mol. The smallest absolute Gasteiger partial charge is 0.225 e. The minimum atomic E-state index is 0.338. The Labute approximate surface area is 117 Å². The monoisotopic (exact) mass is 261 g/mol. The summed E-state index contributed by atoms with van der Waals surface area (Å²) >= 11 is 0. The molecule has 2 aliphatic carbocycles. The van der Waals surface area contributed by atoms with E-state index in [1.807, 2.05) is 11.0 Å². The Kier molecular flexibility index (Phi) is 5.24. The molecule has 2 nitrogen and oxygen atoms in total. The molecule has 2 aliphatic rings.